The van der Waals surface area contributed by atoms with E-state index in [-0.39, 0.29) is 24.4 Å². The minimum atomic E-state index is -0.514. The zero-order chi connectivity index (χ0) is 28.4. The number of hydrogen-bond donors (Lipinski definition) is 3. The van der Waals surface area contributed by atoms with E-state index in [4.69, 9.17) is 9.47 Å². The molecular weight excluding hydrogens is 506 g/mol. The van der Waals surface area contributed by atoms with Crippen molar-refractivity contribution in [2.24, 2.45) is 0 Å². The molecule has 8 nitrogen and oxygen atoms in total. The van der Waals surface area contributed by atoms with Gasteiger partial charge in [0.15, 0.2) is 17.3 Å². The summed E-state index contributed by atoms with van der Waals surface area (Å²) in [6, 6.07) is 13.2. The fourth-order valence-electron chi connectivity index (χ4n) is 5.60. The molecule has 4 aromatic rings. The number of nitrogens with one attached hydrogen (secondary N) is 2. The average Bonchev–Trinajstić information content (AvgIpc) is 3.54. The molecule has 0 saturated heterocycles. The topological polar surface area (TPSA) is 106 Å². The van der Waals surface area contributed by atoms with Crippen molar-refractivity contribution in [1.29, 1.82) is 0 Å². The Kier molecular flexibility index (Phi) is 7.98. The first-order valence-corrected chi connectivity index (χ1v) is 14.0. The number of methoxy groups -OCH3 is 1. The standard InChI is InChI=1S/C32H37N3O5/c1-5-8-28(37)31-25(32(38)34-22(18-36)13-21-17-33-26-10-7-6-9-23(21)26)15-27-24-16-30(40-19(2)3)29(39-4)14-20(24)11-12-35(27)31/h6-7,9-10,14-17,19,22,33,36H,5,8,11-13,18H2,1-4H3,(H,34,38)/t22-/m1/s1. The van der Waals surface area contributed by atoms with Gasteiger partial charge in [0.25, 0.3) is 5.91 Å². The Hall–Kier alpha value is -4.04. The van der Waals surface area contributed by atoms with Crippen LogP contribution in [0.5, 0.6) is 11.5 Å². The Morgan fingerprint density at radius 2 is 1.95 bits per heavy atom. The Morgan fingerprint density at radius 1 is 1.15 bits per heavy atom. The SMILES string of the molecule is CCCC(=O)c1c(C(=O)N[C@@H](CO)Cc2c[nH]c3ccccc23)cc2n1CCc1cc(OC)c(OC(C)C)cc1-2. The van der Waals surface area contributed by atoms with Crippen LogP contribution in [-0.2, 0) is 19.4 Å². The summed E-state index contributed by atoms with van der Waals surface area (Å²) in [5.74, 6) is 0.855. The summed E-state index contributed by atoms with van der Waals surface area (Å²) < 4.78 is 13.6. The number of H-pyrrole nitrogens is 1. The minimum Gasteiger partial charge on any atom is -0.493 e. The van der Waals surface area contributed by atoms with Crippen molar-refractivity contribution in [1.82, 2.24) is 14.9 Å². The molecule has 5 rings (SSSR count). The molecule has 0 spiro atoms. The first kappa shape index (κ1) is 27.5. The van der Waals surface area contributed by atoms with E-state index >= 15 is 0 Å². The number of aliphatic hydroxyl groups excluding tert-OH is 1. The Morgan fingerprint density at radius 3 is 2.67 bits per heavy atom. The monoisotopic (exact) mass is 543 g/mol. The zero-order valence-electron chi connectivity index (χ0n) is 23.5. The van der Waals surface area contributed by atoms with Crippen molar-refractivity contribution >= 4 is 22.6 Å². The van der Waals surface area contributed by atoms with Crippen LogP contribution in [0.3, 0.4) is 0 Å². The van der Waals surface area contributed by atoms with Gasteiger partial charge < -0.3 is 29.4 Å². The van der Waals surface area contributed by atoms with E-state index in [2.05, 4.69) is 10.3 Å². The number of ketones is 1. The van der Waals surface area contributed by atoms with Crippen LogP contribution in [-0.4, -0.2) is 52.2 Å². The Balaban J connectivity index is 1.51. The van der Waals surface area contributed by atoms with E-state index in [1.807, 2.05) is 74.0 Å². The summed E-state index contributed by atoms with van der Waals surface area (Å²) in [4.78, 5) is 30.4. The van der Waals surface area contributed by atoms with E-state index in [1.54, 1.807) is 7.11 Å². The van der Waals surface area contributed by atoms with Crippen LogP contribution >= 0.6 is 0 Å². The highest BCUT2D eigenvalue weighted by molar-refractivity contribution is 6.09. The number of para-hydroxylation sites is 1. The number of aromatic amines is 1. The molecule has 0 aliphatic carbocycles. The van der Waals surface area contributed by atoms with Gasteiger partial charge in [-0.2, -0.15) is 0 Å². The molecule has 210 valence electrons. The first-order valence-electron chi connectivity index (χ1n) is 14.0. The normalized spacial score (nSPS) is 13.2. The fraction of sp³-hybridized carbons (Fsp3) is 0.375. The number of aromatic nitrogens is 2. The van der Waals surface area contributed by atoms with Crippen molar-refractivity contribution < 1.29 is 24.2 Å². The number of benzene rings is 2. The molecule has 1 aliphatic rings. The molecule has 1 aliphatic heterocycles. The van der Waals surface area contributed by atoms with Gasteiger partial charge in [0.05, 0.1) is 37.1 Å². The number of nitrogens with zero attached hydrogens (tertiary/aromatic N) is 1. The van der Waals surface area contributed by atoms with Gasteiger partial charge in [0.1, 0.15) is 0 Å². The molecule has 8 heteroatoms. The molecule has 0 fully saturated rings. The number of carbonyl (C=O) groups is 2. The maximum Gasteiger partial charge on any atom is 0.253 e. The predicted octanol–water partition coefficient (Wildman–Crippen LogP) is 5.30. The van der Waals surface area contributed by atoms with Crippen molar-refractivity contribution in [3.8, 4) is 22.8 Å². The fourth-order valence-corrected chi connectivity index (χ4v) is 5.60. The van der Waals surface area contributed by atoms with Gasteiger partial charge >= 0.3 is 0 Å². The summed E-state index contributed by atoms with van der Waals surface area (Å²) in [7, 11) is 1.62. The van der Waals surface area contributed by atoms with Gasteiger partial charge in [-0.25, -0.2) is 0 Å². The summed E-state index contributed by atoms with van der Waals surface area (Å²) in [5, 5.41) is 14.2. The van der Waals surface area contributed by atoms with Crippen molar-refractivity contribution in [2.45, 2.75) is 65.1 Å². The highest BCUT2D eigenvalue weighted by Gasteiger charge is 2.30. The number of carbonyl (C=O) groups excluding carboxylic acids is 2. The molecule has 1 amide bonds. The van der Waals surface area contributed by atoms with Gasteiger partial charge in [-0.1, -0.05) is 25.1 Å². The number of rotatable bonds is 11. The minimum absolute atomic E-state index is 0.0436. The maximum absolute atomic E-state index is 13.7. The van der Waals surface area contributed by atoms with Crippen LogP contribution in [0.2, 0.25) is 0 Å². The highest BCUT2D eigenvalue weighted by Crippen LogP contribution is 2.41. The Bertz CT molecular complexity index is 1550. The Labute approximate surface area is 234 Å². The van der Waals surface area contributed by atoms with Gasteiger partial charge in [-0.3, -0.25) is 9.59 Å². The van der Waals surface area contributed by atoms with Gasteiger partial charge in [-0.15, -0.1) is 0 Å². The van der Waals surface area contributed by atoms with Crippen LogP contribution in [0.1, 0.15) is 65.6 Å². The molecule has 3 heterocycles. The second-order valence-electron chi connectivity index (χ2n) is 10.6. The average molecular weight is 544 g/mol. The molecule has 0 bridgehead atoms. The predicted molar refractivity (Wildman–Crippen MR) is 155 cm³/mol. The number of ether oxygens (including phenoxy) is 2. The molecule has 1 atom stereocenters. The summed E-state index contributed by atoms with van der Waals surface area (Å²) >= 11 is 0. The second-order valence-corrected chi connectivity index (χ2v) is 10.6. The number of amides is 1. The lowest BCUT2D eigenvalue weighted by molar-refractivity contribution is 0.0900. The second kappa shape index (κ2) is 11.6. The highest BCUT2D eigenvalue weighted by atomic mass is 16.5. The van der Waals surface area contributed by atoms with Gasteiger partial charge in [-0.05, 0) is 68.5 Å². The lowest BCUT2D eigenvalue weighted by Crippen LogP contribution is -2.39. The molecule has 0 unspecified atom stereocenters. The lowest BCUT2D eigenvalue weighted by Gasteiger charge is -2.24. The molecule has 3 N–H and O–H groups in total. The summed E-state index contributed by atoms with van der Waals surface area (Å²) in [6.45, 7) is 6.22. The molecule has 0 saturated carbocycles. The number of aryl methyl sites for hydroxylation is 1. The van der Waals surface area contributed by atoms with Gasteiger partial charge in [0.2, 0.25) is 0 Å². The summed E-state index contributed by atoms with van der Waals surface area (Å²) in [6.07, 6.45) is 4.05. The molecule has 2 aromatic carbocycles. The number of hydrogen-bond acceptors (Lipinski definition) is 5. The van der Waals surface area contributed by atoms with Crippen LogP contribution in [0.25, 0.3) is 22.2 Å². The summed E-state index contributed by atoms with van der Waals surface area (Å²) in [5.41, 5.74) is 5.57. The molecule has 0 radical (unpaired) electrons. The number of Topliss-reactive ketones (excluding diaryl/α,β-unsaturated/α-hetero) is 1. The van der Waals surface area contributed by atoms with E-state index in [9.17, 15) is 14.7 Å². The van der Waals surface area contributed by atoms with Crippen molar-refractivity contribution in [3.05, 3.63) is 71.0 Å². The van der Waals surface area contributed by atoms with Crippen molar-refractivity contribution in [2.75, 3.05) is 13.7 Å². The van der Waals surface area contributed by atoms with E-state index < -0.39 is 6.04 Å². The molecule has 40 heavy (non-hydrogen) atoms. The van der Waals surface area contributed by atoms with Crippen LogP contribution in [0.4, 0.5) is 0 Å². The third-order valence-corrected chi connectivity index (χ3v) is 7.41. The van der Waals surface area contributed by atoms with E-state index in [0.717, 1.165) is 33.3 Å². The largest absolute Gasteiger partial charge is 0.493 e. The molecule has 2 aromatic heterocycles. The van der Waals surface area contributed by atoms with E-state index in [1.165, 1.54) is 0 Å². The van der Waals surface area contributed by atoms with E-state index in [0.29, 0.717) is 55.0 Å². The number of aliphatic hydroxyl groups is 1. The smallest absolute Gasteiger partial charge is 0.253 e. The lowest BCUT2D eigenvalue weighted by atomic mass is 9.97. The maximum atomic E-state index is 13.7. The van der Waals surface area contributed by atoms with Crippen molar-refractivity contribution in [3.63, 3.8) is 0 Å². The van der Waals surface area contributed by atoms with Gasteiger partial charge in [0, 0.05) is 41.3 Å². The van der Waals surface area contributed by atoms with Crippen LogP contribution in [0.15, 0.2) is 48.7 Å². The van der Waals surface area contributed by atoms with Crippen LogP contribution < -0.4 is 14.8 Å². The number of fused-ring (bicyclic) bond motifs is 4. The zero-order valence-corrected chi connectivity index (χ0v) is 23.5. The first-order chi connectivity index (χ1) is 19.3. The molecular formula is C32H37N3O5. The third-order valence-electron chi connectivity index (χ3n) is 7.41. The van der Waals surface area contributed by atoms with Crippen LogP contribution in [0, 0.1) is 0 Å². The quantitative estimate of drug-likeness (QED) is 0.223. The third kappa shape index (κ3) is 5.23.